The summed E-state index contributed by atoms with van der Waals surface area (Å²) in [6.07, 6.45) is 1.28. The van der Waals surface area contributed by atoms with E-state index in [4.69, 9.17) is 10.5 Å². The molecule has 0 amide bonds. The summed E-state index contributed by atoms with van der Waals surface area (Å²) < 4.78 is 5.29. The number of hydrogen-bond donors (Lipinski definition) is 1. The smallest absolute Gasteiger partial charge is 0.0705 e. The molecule has 0 bridgehead atoms. The standard InChI is InChI=1S/C11H24N2OS/c1-9-7-13(8-10(2)15-9)5-4-11(6-12)14-3/h9-11H,4-8,12H2,1-3H3. The number of nitrogens with zero attached hydrogens (tertiary/aromatic N) is 1. The van der Waals surface area contributed by atoms with Crippen LogP contribution >= 0.6 is 11.8 Å². The van der Waals surface area contributed by atoms with Crippen LogP contribution in [-0.2, 0) is 4.74 Å². The van der Waals surface area contributed by atoms with Crippen molar-refractivity contribution in [1.29, 1.82) is 0 Å². The zero-order chi connectivity index (χ0) is 11.3. The second kappa shape index (κ2) is 6.74. The molecule has 1 saturated heterocycles. The second-order valence-electron chi connectivity index (χ2n) is 4.40. The lowest BCUT2D eigenvalue weighted by Gasteiger charge is -2.35. The van der Waals surface area contributed by atoms with Crippen molar-refractivity contribution in [2.75, 3.05) is 33.3 Å². The van der Waals surface area contributed by atoms with Gasteiger partial charge in [-0.25, -0.2) is 0 Å². The second-order valence-corrected chi connectivity index (χ2v) is 6.28. The summed E-state index contributed by atoms with van der Waals surface area (Å²) in [7, 11) is 1.74. The lowest BCUT2D eigenvalue weighted by atomic mass is 10.2. The van der Waals surface area contributed by atoms with E-state index >= 15 is 0 Å². The van der Waals surface area contributed by atoms with E-state index in [0.717, 1.165) is 23.5 Å². The molecule has 4 heteroatoms. The van der Waals surface area contributed by atoms with Gasteiger partial charge in [0.05, 0.1) is 6.10 Å². The average molecular weight is 232 g/mol. The molecule has 3 unspecified atom stereocenters. The molecule has 3 atom stereocenters. The van der Waals surface area contributed by atoms with Gasteiger partial charge in [0.1, 0.15) is 0 Å². The van der Waals surface area contributed by atoms with Crippen molar-refractivity contribution in [3.8, 4) is 0 Å². The van der Waals surface area contributed by atoms with Crippen molar-refractivity contribution in [3.63, 3.8) is 0 Å². The summed E-state index contributed by atoms with van der Waals surface area (Å²) in [5.41, 5.74) is 5.61. The molecule has 0 saturated carbocycles. The van der Waals surface area contributed by atoms with E-state index < -0.39 is 0 Å². The van der Waals surface area contributed by atoms with Crippen LogP contribution in [0.5, 0.6) is 0 Å². The van der Waals surface area contributed by atoms with Crippen molar-refractivity contribution in [3.05, 3.63) is 0 Å². The van der Waals surface area contributed by atoms with Crippen LogP contribution in [-0.4, -0.2) is 54.8 Å². The highest BCUT2D eigenvalue weighted by Crippen LogP contribution is 2.24. The maximum absolute atomic E-state index is 5.61. The van der Waals surface area contributed by atoms with Crippen LogP contribution < -0.4 is 5.73 Å². The van der Waals surface area contributed by atoms with Gasteiger partial charge in [-0.2, -0.15) is 11.8 Å². The van der Waals surface area contributed by atoms with Gasteiger partial charge in [0.15, 0.2) is 0 Å². The Morgan fingerprint density at radius 2 is 2.00 bits per heavy atom. The van der Waals surface area contributed by atoms with E-state index in [0.29, 0.717) is 6.54 Å². The van der Waals surface area contributed by atoms with Crippen LogP contribution in [0.3, 0.4) is 0 Å². The van der Waals surface area contributed by atoms with E-state index in [9.17, 15) is 0 Å². The van der Waals surface area contributed by atoms with Crippen LogP contribution in [0.15, 0.2) is 0 Å². The quantitative estimate of drug-likeness (QED) is 0.772. The van der Waals surface area contributed by atoms with Gasteiger partial charge in [-0.1, -0.05) is 13.8 Å². The van der Waals surface area contributed by atoms with E-state index in [1.54, 1.807) is 7.11 Å². The minimum absolute atomic E-state index is 0.227. The number of hydrogen-bond acceptors (Lipinski definition) is 4. The Bertz CT molecular complexity index is 166. The van der Waals surface area contributed by atoms with Gasteiger partial charge in [-0.15, -0.1) is 0 Å². The van der Waals surface area contributed by atoms with Crippen molar-refractivity contribution in [2.45, 2.75) is 36.9 Å². The van der Waals surface area contributed by atoms with Crippen molar-refractivity contribution < 1.29 is 4.74 Å². The third-order valence-corrected chi connectivity index (χ3v) is 4.09. The van der Waals surface area contributed by atoms with Gasteiger partial charge in [0, 0.05) is 43.8 Å². The van der Waals surface area contributed by atoms with Crippen molar-refractivity contribution in [1.82, 2.24) is 4.90 Å². The molecular formula is C11H24N2OS. The molecule has 0 aromatic rings. The summed E-state index contributed by atoms with van der Waals surface area (Å²) in [4.78, 5) is 2.54. The number of thioether (sulfide) groups is 1. The maximum Gasteiger partial charge on any atom is 0.0705 e. The SMILES string of the molecule is COC(CN)CCN1CC(C)SC(C)C1. The normalized spacial score (nSPS) is 30.4. The molecule has 0 aromatic carbocycles. The molecule has 0 radical (unpaired) electrons. The molecule has 1 rings (SSSR count). The number of rotatable bonds is 5. The molecule has 0 spiro atoms. The number of methoxy groups -OCH3 is 1. The number of ether oxygens (including phenoxy) is 1. The fraction of sp³-hybridized carbons (Fsp3) is 1.00. The van der Waals surface area contributed by atoms with Gasteiger partial charge in [-0.05, 0) is 6.42 Å². The van der Waals surface area contributed by atoms with Gasteiger partial charge in [-0.3, -0.25) is 0 Å². The van der Waals surface area contributed by atoms with E-state index in [-0.39, 0.29) is 6.10 Å². The first-order valence-corrected chi connectivity index (χ1v) is 6.70. The first kappa shape index (κ1) is 13.3. The summed E-state index contributed by atoms with van der Waals surface area (Å²) >= 11 is 2.09. The van der Waals surface area contributed by atoms with Gasteiger partial charge >= 0.3 is 0 Å². The summed E-state index contributed by atoms with van der Waals surface area (Å²) in [5, 5.41) is 1.51. The van der Waals surface area contributed by atoms with Crippen molar-refractivity contribution in [2.24, 2.45) is 5.73 Å². The molecule has 0 aromatic heterocycles. The van der Waals surface area contributed by atoms with Gasteiger partial charge in [0.25, 0.3) is 0 Å². The molecular weight excluding hydrogens is 208 g/mol. The van der Waals surface area contributed by atoms with Crippen molar-refractivity contribution >= 4 is 11.8 Å². The topological polar surface area (TPSA) is 38.5 Å². The molecule has 90 valence electrons. The van der Waals surface area contributed by atoms with Gasteiger partial charge in [0.2, 0.25) is 0 Å². The minimum Gasteiger partial charge on any atom is -0.380 e. The largest absolute Gasteiger partial charge is 0.380 e. The first-order chi connectivity index (χ1) is 7.15. The molecule has 3 nitrogen and oxygen atoms in total. The third-order valence-electron chi connectivity index (χ3n) is 2.86. The van der Waals surface area contributed by atoms with Crippen LogP contribution in [0.1, 0.15) is 20.3 Å². The molecule has 1 aliphatic rings. The zero-order valence-electron chi connectivity index (χ0n) is 10.1. The average Bonchev–Trinajstić information content (AvgIpc) is 2.18. The summed E-state index contributed by atoms with van der Waals surface area (Å²) in [6, 6.07) is 0. The Morgan fingerprint density at radius 1 is 1.40 bits per heavy atom. The predicted octanol–water partition coefficient (Wildman–Crippen LogP) is 1.18. The number of nitrogens with two attached hydrogens (primary N) is 1. The molecule has 1 fully saturated rings. The highest BCUT2D eigenvalue weighted by Gasteiger charge is 2.22. The fourth-order valence-electron chi connectivity index (χ4n) is 2.13. The molecule has 15 heavy (non-hydrogen) atoms. The fourth-order valence-corrected chi connectivity index (χ4v) is 3.51. The Kier molecular flexibility index (Phi) is 5.97. The zero-order valence-corrected chi connectivity index (χ0v) is 10.9. The van der Waals surface area contributed by atoms with Crippen LogP contribution in [0, 0.1) is 0 Å². The van der Waals surface area contributed by atoms with E-state index in [1.807, 2.05) is 0 Å². The third kappa shape index (κ3) is 4.72. The Labute approximate surface area is 97.7 Å². The summed E-state index contributed by atoms with van der Waals surface area (Å²) in [5.74, 6) is 0. The monoisotopic (exact) mass is 232 g/mol. The van der Waals surface area contributed by atoms with Crippen LogP contribution in [0.2, 0.25) is 0 Å². The Balaban J connectivity index is 2.25. The predicted molar refractivity (Wildman–Crippen MR) is 67.4 cm³/mol. The summed E-state index contributed by atoms with van der Waals surface area (Å²) in [6.45, 7) is 8.77. The molecule has 2 N–H and O–H groups in total. The highest BCUT2D eigenvalue weighted by molar-refractivity contribution is 8.00. The Hall–Kier alpha value is 0.230. The molecule has 0 aliphatic carbocycles. The van der Waals surface area contributed by atoms with Crippen LogP contribution in [0.4, 0.5) is 0 Å². The maximum atomic E-state index is 5.61. The lowest BCUT2D eigenvalue weighted by molar-refractivity contribution is 0.0891. The van der Waals surface area contributed by atoms with E-state index in [2.05, 4.69) is 30.5 Å². The van der Waals surface area contributed by atoms with Gasteiger partial charge < -0.3 is 15.4 Å². The first-order valence-electron chi connectivity index (χ1n) is 5.76. The lowest BCUT2D eigenvalue weighted by Crippen LogP contribution is -2.42. The molecule has 1 heterocycles. The Morgan fingerprint density at radius 3 is 2.47 bits per heavy atom. The van der Waals surface area contributed by atoms with Crippen LogP contribution in [0.25, 0.3) is 0 Å². The highest BCUT2D eigenvalue weighted by atomic mass is 32.2. The minimum atomic E-state index is 0.227. The molecule has 1 aliphatic heterocycles. The van der Waals surface area contributed by atoms with E-state index in [1.165, 1.54) is 13.1 Å².